The van der Waals surface area contributed by atoms with Gasteiger partial charge in [0.2, 0.25) is 11.8 Å². The summed E-state index contributed by atoms with van der Waals surface area (Å²) in [6.07, 6.45) is 0.222. The minimum Gasteiger partial charge on any atom is -0.330 e. The molecule has 0 saturated carbocycles. The maximum Gasteiger partial charge on any atom is 0.242 e. The number of hydrogen-bond donors (Lipinski definition) is 3. The van der Waals surface area contributed by atoms with Gasteiger partial charge in [-0.05, 0) is 17.7 Å². The zero-order valence-electron chi connectivity index (χ0n) is 9.20. The summed E-state index contributed by atoms with van der Waals surface area (Å²) in [4.78, 5) is 22.3. The van der Waals surface area contributed by atoms with E-state index in [9.17, 15) is 14.0 Å². The van der Waals surface area contributed by atoms with E-state index < -0.39 is 0 Å². The van der Waals surface area contributed by atoms with Gasteiger partial charge in [0.05, 0.1) is 6.42 Å². The van der Waals surface area contributed by atoms with Gasteiger partial charge in [-0.25, -0.2) is 4.39 Å². The Balaban J connectivity index is 2.34. The van der Waals surface area contributed by atoms with Gasteiger partial charge in [0, 0.05) is 13.0 Å². The SMILES string of the molecule is NCCC(=O)NNC(=O)Cc1ccc(F)cc1. The molecule has 0 atom stereocenters. The molecule has 0 saturated heterocycles. The van der Waals surface area contributed by atoms with Crippen LogP contribution in [0.1, 0.15) is 12.0 Å². The lowest BCUT2D eigenvalue weighted by atomic mass is 10.1. The Morgan fingerprint density at radius 3 is 2.29 bits per heavy atom. The summed E-state index contributed by atoms with van der Waals surface area (Å²) in [5.41, 5.74) is 10.3. The van der Waals surface area contributed by atoms with Gasteiger partial charge in [0.1, 0.15) is 5.82 Å². The van der Waals surface area contributed by atoms with Crippen LogP contribution in [0.3, 0.4) is 0 Å². The quantitative estimate of drug-likeness (QED) is 0.640. The monoisotopic (exact) mass is 239 g/mol. The van der Waals surface area contributed by atoms with E-state index in [1.54, 1.807) is 0 Å². The summed E-state index contributed by atoms with van der Waals surface area (Å²) in [5.74, 6) is -1.08. The molecule has 0 aromatic heterocycles. The Morgan fingerprint density at radius 1 is 1.12 bits per heavy atom. The minimum absolute atomic E-state index is 0.0726. The number of carbonyl (C=O) groups excluding carboxylic acids is 2. The van der Waals surface area contributed by atoms with Gasteiger partial charge < -0.3 is 5.73 Å². The summed E-state index contributed by atoms with van der Waals surface area (Å²) in [5, 5.41) is 0. The topological polar surface area (TPSA) is 84.2 Å². The number of hydrazine groups is 1. The van der Waals surface area contributed by atoms with Crippen molar-refractivity contribution >= 4 is 11.8 Å². The average Bonchev–Trinajstić information content (AvgIpc) is 2.30. The zero-order chi connectivity index (χ0) is 12.7. The molecule has 0 heterocycles. The third-order valence-corrected chi connectivity index (χ3v) is 1.99. The van der Waals surface area contributed by atoms with E-state index in [2.05, 4.69) is 10.9 Å². The van der Waals surface area contributed by atoms with Crippen molar-refractivity contribution in [3.05, 3.63) is 35.6 Å². The summed E-state index contributed by atoms with van der Waals surface area (Å²) in [6.45, 7) is 0.222. The molecule has 5 nitrogen and oxygen atoms in total. The van der Waals surface area contributed by atoms with Crippen molar-refractivity contribution in [2.75, 3.05) is 6.54 Å². The van der Waals surface area contributed by atoms with Crippen LogP contribution in [0.5, 0.6) is 0 Å². The number of halogens is 1. The molecule has 0 unspecified atom stereocenters. The van der Waals surface area contributed by atoms with Crippen molar-refractivity contribution < 1.29 is 14.0 Å². The fourth-order valence-corrected chi connectivity index (χ4v) is 1.16. The minimum atomic E-state index is -0.373. The smallest absolute Gasteiger partial charge is 0.242 e. The third-order valence-electron chi connectivity index (χ3n) is 1.99. The van der Waals surface area contributed by atoms with Gasteiger partial charge in [-0.1, -0.05) is 12.1 Å². The molecular weight excluding hydrogens is 225 g/mol. The number of rotatable bonds is 4. The van der Waals surface area contributed by atoms with E-state index in [4.69, 9.17) is 5.73 Å². The molecule has 0 spiro atoms. The van der Waals surface area contributed by atoms with Crippen molar-refractivity contribution in [1.29, 1.82) is 0 Å². The highest BCUT2D eigenvalue weighted by Crippen LogP contribution is 2.02. The van der Waals surface area contributed by atoms with Crippen molar-refractivity contribution in [2.45, 2.75) is 12.8 Å². The van der Waals surface area contributed by atoms with Crippen LogP contribution in [-0.4, -0.2) is 18.4 Å². The number of carbonyl (C=O) groups is 2. The average molecular weight is 239 g/mol. The van der Waals surface area contributed by atoms with Crippen LogP contribution in [0.4, 0.5) is 4.39 Å². The fraction of sp³-hybridized carbons (Fsp3) is 0.273. The van der Waals surface area contributed by atoms with Crippen molar-refractivity contribution in [1.82, 2.24) is 10.9 Å². The molecule has 4 N–H and O–H groups in total. The molecule has 1 rings (SSSR count). The number of benzene rings is 1. The van der Waals surface area contributed by atoms with Crippen LogP contribution in [0, 0.1) is 5.82 Å². The van der Waals surface area contributed by atoms with Crippen LogP contribution >= 0.6 is 0 Å². The predicted molar refractivity (Wildman–Crippen MR) is 60.1 cm³/mol. The molecule has 0 aliphatic rings. The lowest BCUT2D eigenvalue weighted by Crippen LogP contribution is -2.42. The van der Waals surface area contributed by atoms with Gasteiger partial charge in [0.25, 0.3) is 0 Å². The van der Waals surface area contributed by atoms with E-state index >= 15 is 0 Å². The molecule has 0 aliphatic carbocycles. The van der Waals surface area contributed by atoms with Crippen LogP contribution in [0.15, 0.2) is 24.3 Å². The van der Waals surface area contributed by atoms with E-state index in [1.807, 2.05) is 0 Å². The normalized spacial score (nSPS) is 9.76. The number of nitrogens with one attached hydrogen (secondary N) is 2. The number of hydrogen-bond acceptors (Lipinski definition) is 3. The van der Waals surface area contributed by atoms with Crippen molar-refractivity contribution in [2.24, 2.45) is 5.73 Å². The van der Waals surface area contributed by atoms with Crippen molar-refractivity contribution in [3.8, 4) is 0 Å². The van der Waals surface area contributed by atoms with Crippen LogP contribution in [0.2, 0.25) is 0 Å². The Bertz CT molecular complexity index is 392. The molecule has 6 heteroatoms. The first-order valence-electron chi connectivity index (χ1n) is 5.14. The highest BCUT2D eigenvalue weighted by molar-refractivity contribution is 5.83. The van der Waals surface area contributed by atoms with E-state index in [1.165, 1.54) is 24.3 Å². The number of amides is 2. The summed E-state index contributed by atoms with van der Waals surface area (Å²) in [7, 11) is 0. The van der Waals surface area contributed by atoms with E-state index in [0.717, 1.165) is 0 Å². The first-order valence-corrected chi connectivity index (χ1v) is 5.14. The first kappa shape index (κ1) is 13.1. The maximum absolute atomic E-state index is 12.6. The van der Waals surface area contributed by atoms with Crippen LogP contribution < -0.4 is 16.6 Å². The van der Waals surface area contributed by atoms with Gasteiger partial charge in [-0.3, -0.25) is 20.4 Å². The lowest BCUT2D eigenvalue weighted by Gasteiger charge is -2.06. The maximum atomic E-state index is 12.6. The predicted octanol–water partition coefficient (Wildman–Crippen LogP) is -0.136. The van der Waals surface area contributed by atoms with Crippen molar-refractivity contribution in [3.63, 3.8) is 0 Å². The summed E-state index contributed by atoms with van der Waals surface area (Å²) < 4.78 is 12.6. The molecule has 17 heavy (non-hydrogen) atoms. The summed E-state index contributed by atoms with van der Waals surface area (Å²) in [6, 6.07) is 5.57. The Kier molecular flexibility index (Phi) is 5.09. The first-order chi connectivity index (χ1) is 8.11. The summed E-state index contributed by atoms with van der Waals surface area (Å²) >= 11 is 0. The lowest BCUT2D eigenvalue weighted by molar-refractivity contribution is -0.128. The van der Waals surface area contributed by atoms with Gasteiger partial charge in [-0.2, -0.15) is 0 Å². The second-order valence-electron chi connectivity index (χ2n) is 3.44. The van der Waals surface area contributed by atoms with Gasteiger partial charge >= 0.3 is 0 Å². The molecule has 0 bridgehead atoms. The van der Waals surface area contributed by atoms with Gasteiger partial charge in [-0.15, -0.1) is 0 Å². The molecule has 0 radical (unpaired) electrons. The second-order valence-corrected chi connectivity index (χ2v) is 3.44. The Labute approximate surface area is 98.2 Å². The van der Waals surface area contributed by atoms with E-state index in [-0.39, 0.29) is 37.0 Å². The molecule has 0 aliphatic heterocycles. The molecule has 92 valence electrons. The molecule has 2 amide bonds. The molecule has 1 aromatic carbocycles. The Morgan fingerprint density at radius 2 is 1.71 bits per heavy atom. The molecule has 1 aromatic rings. The number of nitrogens with two attached hydrogens (primary N) is 1. The second kappa shape index (κ2) is 6.59. The largest absolute Gasteiger partial charge is 0.330 e. The zero-order valence-corrected chi connectivity index (χ0v) is 9.20. The standard InChI is InChI=1S/C11H14FN3O2/c12-9-3-1-8(2-4-9)7-11(17)15-14-10(16)5-6-13/h1-4H,5-7,13H2,(H,14,16)(H,15,17). The van der Waals surface area contributed by atoms with Crippen LogP contribution in [0.25, 0.3) is 0 Å². The van der Waals surface area contributed by atoms with Gasteiger partial charge in [0.15, 0.2) is 0 Å². The third kappa shape index (κ3) is 5.07. The van der Waals surface area contributed by atoms with Crippen LogP contribution in [-0.2, 0) is 16.0 Å². The molecule has 0 fully saturated rings. The Hall–Kier alpha value is -1.95. The van der Waals surface area contributed by atoms with E-state index in [0.29, 0.717) is 5.56 Å². The fourth-order valence-electron chi connectivity index (χ4n) is 1.16. The highest BCUT2D eigenvalue weighted by Gasteiger charge is 2.05. The molecular formula is C11H14FN3O2. The highest BCUT2D eigenvalue weighted by atomic mass is 19.1.